The number of carbonyl (C=O) groups excluding carboxylic acids is 1. The van der Waals surface area contributed by atoms with Crippen LogP contribution in [0.15, 0.2) is 66.7 Å². The molecule has 0 aliphatic carbocycles. The molecule has 2 heterocycles. The molecule has 1 aromatic heterocycles. The van der Waals surface area contributed by atoms with Crippen molar-refractivity contribution in [2.75, 3.05) is 7.11 Å². The fourth-order valence-electron chi connectivity index (χ4n) is 4.42. The van der Waals surface area contributed by atoms with Crippen molar-refractivity contribution in [3.8, 4) is 0 Å². The normalized spacial score (nSPS) is 19.1. The predicted octanol–water partition coefficient (Wildman–Crippen LogP) is 3.07. The number of aromatic nitrogens is 1. The van der Waals surface area contributed by atoms with Crippen LogP contribution in [0.1, 0.15) is 22.9 Å². The van der Waals surface area contributed by atoms with Crippen LogP contribution >= 0.6 is 0 Å². The van der Waals surface area contributed by atoms with E-state index in [2.05, 4.69) is 71.0 Å². The van der Waals surface area contributed by atoms with Crippen molar-refractivity contribution >= 4 is 27.6 Å². The summed E-state index contributed by atoms with van der Waals surface area (Å²) < 4.78 is 5.08. The fraction of sp³-hybridized carbons (Fsp3) is 0.174. The lowest BCUT2D eigenvalue weighted by Gasteiger charge is -2.27. The lowest BCUT2D eigenvalue weighted by molar-refractivity contribution is -0.712. The Hall–Kier alpha value is -3.11. The lowest BCUT2D eigenvalue weighted by Crippen LogP contribution is -2.94. The van der Waals surface area contributed by atoms with E-state index < -0.39 is 0 Å². The third-order valence-corrected chi connectivity index (χ3v) is 5.67. The first-order valence-corrected chi connectivity index (χ1v) is 9.26. The Balaban J connectivity index is 1.75. The Labute approximate surface area is 157 Å². The first kappa shape index (κ1) is 16.1. The van der Waals surface area contributed by atoms with E-state index in [-0.39, 0.29) is 18.1 Å². The molecule has 0 saturated carbocycles. The highest BCUT2D eigenvalue weighted by Gasteiger charge is 2.38. The number of methoxy groups -OCH3 is 1. The quantitative estimate of drug-likeness (QED) is 0.542. The maximum atomic E-state index is 12.4. The first-order valence-electron chi connectivity index (χ1n) is 9.26. The zero-order valence-corrected chi connectivity index (χ0v) is 15.1. The summed E-state index contributed by atoms with van der Waals surface area (Å²) in [4.78, 5) is 16.0. The number of para-hydroxylation sites is 1. The van der Waals surface area contributed by atoms with Crippen LogP contribution in [0.4, 0.5) is 0 Å². The van der Waals surface area contributed by atoms with Crippen molar-refractivity contribution in [2.45, 2.75) is 18.5 Å². The van der Waals surface area contributed by atoms with Crippen LogP contribution in [0.3, 0.4) is 0 Å². The SMILES string of the molecule is COC(=O)[C@H]1Cc2c([nH]c3ccccc23)[C@H](c2cccc3ccccc23)[NH2+]1. The van der Waals surface area contributed by atoms with Gasteiger partial charge < -0.3 is 15.0 Å². The fourth-order valence-corrected chi connectivity index (χ4v) is 4.42. The highest BCUT2D eigenvalue weighted by molar-refractivity contribution is 5.89. The van der Waals surface area contributed by atoms with Gasteiger partial charge in [0.15, 0.2) is 12.1 Å². The highest BCUT2D eigenvalue weighted by Crippen LogP contribution is 2.34. The van der Waals surface area contributed by atoms with Gasteiger partial charge in [0.2, 0.25) is 0 Å². The van der Waals surface area contributed by atoms with Crippen LogP contribution in [0.5, 0.6) is 0 Å². The zero-order valence-electron chi connectivity index (χ0n) is 15.1. The number of esters is 1. The Morgan fingerprint density at radius 2 is 1.74 bits per heavy atom. The summed E-state index contributed by atoms with van der Waals surface area (Å²) in [6.07, 6.45) is 0.674. The number of aromatic amines is 1. The summed E-state index contributed by atoms with van der Waals surface area (Å²) in [6.45, 7) is 0. The first-order chi connectivity index (χ1) is 13.3. The molecule has 1 aliphatic rings. The van der Waals surface area contributed by atoms with Gasteiger partial charge in [-0.2, -0.15) is 0 Å². The van der Waals surface area contributed by atoms with Crippen molar-refractivity contribution in [2.24, 2.45) is 0 Å². The number of hydrogen-bond acceptors (Lipinski definition) is 2. The number of H-pyrrole nitrogens is 1. The van der Waals surface area contributed by atoms with Gasteiger partial charge in [0.05, 0.1) is 12.8 Å². The number of ether oxygens (including phenoxy) is 1. The highest BCUT2D eigenvalue weighted by atomic mass is 16.5. The lowest BCUT2D eigenvalue weighted by atomic mass is 9.88. The van der Waals surface area contributed by atoms with Crippen LogP contribution < -0.4 is 5.32 Å². The molecule has 4 aromatic rings. The van der Waals surface area contributed by atoms with Crippen molar-refractivity contribution < 1.29 is 14.8 Å². The molecule has 0 spiro atoms. The molecule has 0 bridgehead atoms. The monoisotopic (exact) mass is 357 g/mol. The number of carbonyl (C=O) groups is 1. The molecule has 0 saturated heterocycles. The van der Waals surface area contributed by atoms with Crippen molar-refractivity contribution in [1.29, 1.82) is 0 Å². The Morgan fingerprint density at radius 1 is 1.00 bits per heavy atom. The number of benzene rings is 3. The molecule has 0 fully saturated rings. The number of hydrogen-bond donors (Lipinski definition) is 2. The molecule has 0 unspecified atom stereocenters. The number of rotatable bonds is 2. The molecule has 27 heavy (non-hydrogen) atoms. The molecule has 2 atom stereocenters. The minimum Gasteiger partial charge on any atom is -0.465 e. The molecule has 3 aromatic carbocycles. The summed E-state index contributed by atoms with van der Waals surface area (Å²) in [6, 6.07) is 22.9. The molecule has 4 nitrogen and oxygen atoms in total. The van der Waals surface area contributed by atoms with E-state index in [1.165, 1.54) is 40.1 Å². The van der Waals surface area contributed by atoms with Gasteiger partial charge in [-0.1, -0.05) is 60.7 Å². The minimum absolute atomic E-state index is 0.0244. The van der Waals surface area contributed by atoms with E-state index in [0.717, 1.165) is 5.52 Å². The molecule has 0 radical (unpaired) electrons. The average Bonchev–Trinajstić information content (AvgIpc) is 3.11. The second kappa shape index (κ2) is 6.25. The van der Waals surface area contributed by atoms with Crippen LogP contribution in [0, 0.1) is 0 Å². The number of nitrogens with two attached hydrogens (primary N) is 1. The number of fused-ring (bicyclic) bond motifs is 4. The summed E-state index contributed by atoms with van der Waals surface area (Å²) in [5.41, 5.74) is 4.75. The average molecular weight is 357 g/mol. The van der Waals surface area contributed by atoms with E-state index in [0.29, 0.717) is 6.42 Å². The van der Waals surface area contributed by atoms with Crippen molar-refractivity contribution in [3.63, 3.8) is 0 Å². The number of nitrogens with one attached hydrogen (secondary N) is 1. The third-order valence-electron chi connectivity index (χ3n) is 5.67. The van der Waals surface area contributed by atoms with E-state index in [1.807, 2.05) is 6.07 Å². The van der Waals surface area contributed by atoms with E-state index in [9.17, 15) is 4.79 Å². The Morgan fingerprint density at radius 3 is 2.59 bits per heavy atom. The van der Waals surface area contributed by atoms with Gasteiger partial charge in [-0.3, -0.25) is 0 Å². The molecule has 5 rings (SSSR count). The van der Waals surface area contributed by atoms with E-state index in [1.54, 1.807) is 0 Å². The maximum absolute atomic E-state index is 12.4. The zero-order chi connectivity index (χ0) is 18.4. The Kier molecular flexibility index (Phi) is 3.73. The van der Waals surface area contributed by atoms with Gasteiger partial charge in [0.25, 0.3) is 0 Å². The van der Waals surface area contributed by atoms with E-state index >= 15 is 0 Å². The Bertz CT molecular complexity index is 1160. The summed E-state index contributed by atoms with van der Waals surface area (Å²) in [7, 11) is 1.47. The van der Waals surface area contributed by atoms with E-state index in [4.69, 9.17) is 4.74 Å². The third kappa shape index (κ3) is 2.53. The molecule has 3 N–H and O–H groups in total. The summed E-state index contributed by atoms with van der Waals surface area (Å²) in [5, 5.41) is 5.77. The van der Waals surface area contributed by atoms with Crippen LogP contribution in [-0.4, -0.2) is 24.1 Å². The standard InChI is InChI=1S/C23H20N2O2/c1-27-23(26)20-13-18-16-10-4-5-12-19(16)24-22(18)21(25-20)17-11-6-8-14-7-2-3-9-15(14)17/h2-12,20-21,24-25H,13H2,1H3/p+1/t20-,21+/m1/s1. The molecule has 134 valence electrons. The van der Waals surface area contributed by atoms with Gasteiger partial charge in [0, 0.05) is 22.9 Å². The molecule has 0 amide bonds. The second-order valence-electron chi connectivity index (χ2n) is 7.14. The second-order valence-corrected chi connectivity index (χ2v) is 7.14. The van der Waals surface area contributed by atoms with Gasteiger partial charge in [0.1, 0.15) is 0 Å². The van der Waals surface area contributed by atoms with Crippen LogP contribution in [0.25, 0.3) is 21.7 Å². The van der Waals surface area contributed by atoms with Crippen molar-refractivity contribution in [3.05, 3.63) is 83.6 Å². The minimum atomic E-state index is -0.245. The topological polar surface area (TPSA) is 58.7 Å². The van der Waals surface area contributed by atoms with Crippen LogP contribution in [-0.2, 0) is 16.0 Å². The molecular weight excluding hydrogens is 336 g/mol. The largest absolute Gasteiger partial charge is 0.465 e. The van der Waals surface area contributed by atoms with Crippen LogP contribution in [0.2, 0.25) is 0 Å². The van der Waals surface area contributed by atoms with Gasteiger partial charge in [-0.05, 0) is 22.4 Å². The van der Waals surface area contributed by atoms with Crippen molar-refractivity contribution in [1.82, 2.24) is 4.98 Å². The summed E-state index contributed by atoms with van der Waals surface area (Å²) >= 11 is 0. The smallest absolute Gasteiger partial charge is 0.364 e. The summed E-state index contributed by atoms with van der Waals surface area (Å²) in [5.74, 6) is -0.170. The van der Waals surface area contributed by atoms with Gasteiger partial charge in [-0.25, -0.2) is 4.79 Å². The molecule has 1 aliphatic heterocycles. The van der Waals surface area contributed by atoms with Gasteiger partial charge >= 0.3 is 5.97 Å². The maximum Gasteiger partial charge on any atom is 0.364 e. The number of quaternary nitrogens is 1. The van der Waals surface area contributed by atoms with Gasteiger partial charge in [-0.15, -0.1) is 0 Å². The molecule has 4 heteroatoms. The molecular formula is C23H21N2O2+. The predicted molar refractivity (Wildman–Crippen MR) is 106 cm³/mol.